The number of nitrogens with zero attached hydrogens (tertiary/aromatic N) is 1. The summed E-state index contributed by atoms with van der Waals surface area (Å²) in [5, 5.41) is 0. The number of imide groups is 1. The van der Waals surface area contributed by atoms with Crippen LogP contribution in [0.3, 0.4) is 0 Å². The normalized spacial score (nSPS) is 16.1. The highest BCUT2D eigenvalue weighted by atomic mass is 16.2. The summed E-state index contributed by atoms with van der Waals surface area (Å²) in [5.41, 5.74) is 1.88. The third-order valence-electron chi connectivity index (χ3n) is 2.40. The van der Waals surface area contributed by atoms with Crippen molar-refractivity contribution in [2.45, 2.75) is 6.92 Å². The molecule has 0 bridgehead atoms. The first-order chi connectivity index (χ1) is 7.68. The lowest BCUT2D eigenvalue weighted by Crippen LogP contribution is -2.24. The lowest BCUT2D eigenvalue weighted by Gasteiger charge is -2.09. The predicted octanol–water partition coefficient (Wildman–Crippen LogP) is 1.97. The van der Waals surface area contributed by atoms with Gasteiger partial charge in [0.25, 0.3) is 11.8 Å². The Morgan fingerprint density at radius 1 is 1.06 bits per heavy atom. The van der Waals surface area contributed by atoms with Gasteiger partial charge in [-0.15, -0.1) is 0 Å². The van der Waals surface area contributed by atoms with Crippen LogP contribution in [0.2, 0.25) is 0 Å². The Labute approximate surface area is 93.7 Å². The molecule has 0 unspecified atom stereocenters. The standard InChI is InChI=1S/C13H11NO2/c1-10(11-5-3-2-4-6-11)9-14-12(15)7-8-13(14)16/h2-9H,1H3. The quantitative estimate of drug-likeness (QED) is 0.704. The van der Waals surface area contributed by atoms with E-state index in [1.807, 2.05) is 37.3 Å². The zero-order chi connectivity index (χ0) is 11.5. The number of rotatable bonds is 2. The van der Waals surface area contributed by atoms with Crippen LogP contribution < -0.4 is 0 Å². The van der Waals surface area contributed by atoms with Gasteiger partial charge in [-0.05, 0) is 18.1 Å². The topological polar surface area (TPSA) is 37.4 Å². The molecule has 1 aromatic carbocycles. The lowest BCUT2D eigenvalue weighted by atomic mass is 10.1. The molecule has 3 nitrogen and oxygen atoms in total. The van der Waals surface area contributed by atoms with Crippen molar-refractivity contribution < 1.29 is 9.59 Å². The van der Waals surface area contributed by atoms with Crippen molar-refractivity contribution in [1.29, 1.82) is 0 Å². The van der Waals surface area contributed by atoms with Gasteiger partial charge in [-0.1, -0.05) is 30.3 Å². The smallest absolute Gasteiger partial charge is 0.257 e. The van der Waals surface area contributed by atoms with Gasteiger partial charge in [0.15, 0.2) is 0 Å². The molecule has 0 saturated carbocycles. The first kappa shape index (κ1) is 10.4. The Balaban J connectivity index is 2.26. The molecule has 0 radical (unpaired) electrons. The Kier molecular flexibility index (Phi) is 2.68. The van der Waals surface area contributed by atoms with Crippen molar-refractivity contribution in [2.75, 3.05) is 0 Å². The third-order valence-corrected chi connectivity index (χ3v) is 2.40. The molecule has 0 aliphatic carbocycles. The van der Waals surface area contributed by atoms with Crippen LogP contribution in [-0.4, -0.2) is 16.7 Å². The number of allylic oxidation sites excluding steroid dienone is 1. The van der Waals surface area contributed by atoms with Crippen molar-refractivity contribution in [3.63, 3.8) is 0 Å². The van der Waals surface area contributed by atoms with E-state index in [1.54, 1.807) is 6.20 Å². The average molecular weight is 213 g/mol. The summed E-state index contributed by atoms with van der Waals surface area (Å²) >= 11 is 0. The summed E-state index contributed by atoms with van der Waals surface area (Å²) < 4.78 is 0. The molecule has 1 aliphatic rings. The minimum absolute atomic E-state index is 0.291. The van der Waals surface area contributed by atoms with Crippen molar-refractivity contribution in [1.82, 2.24) is 4.90 Å². The van der Waals surface area contributed by atoms with Gasteiger partial charge in [0.2, 0.25) is 0 Å². The fraction of sp³-hybridized carbons (Fsp3) is 0.0769. The molecule has 0 fully saturated rings. The SMILES string of the molecule is CC(=CN1C(=O)C=CC1=O)c1ccccc1. The van der Waals surface area contributed by atoms with Crippen LogP contribution in [0.5, 0.6) is 0 Å². The van der Waals surface area contributed by atoms with Gasteiger partial charge in [0.05, 0.1) is 0 Å². The van der Waals surface area contributed by atoms with Gasteiger partial charge in [0, 0.05) is 18.4 Å². The van der Waals surface area contributed by atoms with Crippen LogP contribution in [0.4, 0.5) is 0 Å². The number of carbonyl (C=O) groups excluding carboxylic acids is 2. The lowest BCUT2D eigenvalue weighted by molar-refractivity contribution is -0.133. The minimum Gasteiger partial charge on any atom is -0.269 e. The van der Waals surface area contributed by atoms with E-state index >= 15 is 0 Å². The van der Waals surface area contributed by atoms with E-state index in [-0.39, 0.29) is 11.8 Å². The van der Waals surface area contributed by atoms with Crippen LogP contribution in [0.15, 0.2) is 48.7 Å². The molecule has 80 valence electrons. The van der Waals surface area contributed by atoms with E-state index in [4.69, 9.17) is 0 Å². The zero-order valence-electron chi connectivity index (χ0n) is 8.88. The van der Waals surface area contributed by atoms with E-state index in [1.165, 1.54) is 12.2 Å². The van der Waals surface area contributed by atoms with E-state index in [2.05, 4.69) is 0 Å². The molecule has 2 amide bonds. The van der Waals surface area contributed by atoms with Crippen LogP contribution in [0, 0.1) is 0 Å². The maximum atomic E-state index is 11.3. The molecule has 0 aromatic heterocycles. The summed E-state index contributed by atoms with van der Waals surface area (Å²) in [5.74, 6) is -0.583. The van der Waals surface area contributed by atoms with E-state index in [0.717, 1.165) is 16.0 Å². The zero-order valence-corrected chi connectivity index (χ0v) is 8.88. The van der Waals surface area contributed by atoms with Crippen LogP contribution in [0.1, 0.15) is 12.5 Å². The van der Waals surface area contributed by atoms with Crippen LogP contribution >= 0.6 is 0 Å². The largest absolute Gasteiger partial charge is 0.269 e. The number of hydrogen-bond donors (Lipinski definition) is 0. The monoisotopic (exact) mass is 213 g/mol. The highest BCUT2D eigenvalue weighted by molar-refractivity contribution is 6.14. The molecule has 1 heterocycles. The average Bonchev–Trinajstić information content (AvgIpc) is 2.62. The summed E-state index contributed by atoms with van der Waals surface area (Å²) in [4.78, 5) is 23.8. The highest BCUT2D eigenvalue weighted by Gasteiger charge is 2.21. The van der Waals surface area contributed by atoms with E-state index < -0.39 is 0 Å². The fourth-order valence-electron chi connectivity index (χ4n) is 1.51. The second-order valence-corrected chi connectivity index (χ2v) is 3.56. The molecule has 0 atom stereocenters. The van der Waals surface area contributed by atoms with E-state index in [0.29, 0.717) is 0 Å². The van der Waals surface area contributed by atoms with Gasteiger partial charge in [-0.25, -0.2) is 4.90 Å². The molecule has 16 heavy (non-hydrogen) atoms. The maximum absolute atomic E-state index is 11.3. The molecular weight excluding hydrogens is 202 g/mol. The molecule has 1 aliphatic heterocycles. The van der Waals surface area contributed by atoms with Crippen LogP contribution in [0.25, 0.3) is 5.57 Å². The summed E-state index contributed by atoms with van der Waals surface area (Å²) in [7, 11) is 0. The first-order valence-corrected chi connectivity index (χ1v) is 4.97. The number of amides is 2. The number of hydrogen-bond acceptors (Lipinski definition) is 2. The number of benzene rings is 1. The second kappa shape index (κ2) is 4.14. The van der Waals surface area contributed by atoms with Gasteiger partial charge >= 0.3 is 0 Å². The highest BCUT2D eigenvalue weighted by Crippen LogP contribution is 2.15. The summed E-state index contributed by atoms with van der Waals surface area (Å²) in [6.07, 6.45) is 4.12. The van der Waals surface area contributed by atoms with Gasteiger partial charge in [0.1, 0.15) is 0 Å². The molecule has 0 spiro atoms. The molecule has 3 heteroatoms. The molecule has 1 aromatic rings. The van der Waals surface area contributed by atoms with Crippen molar-refractivity contribution in [3.05, 3.63) is 54.2 Å². The summed E-state index contributed by atoms with van der Waals surface area (Å²) in [6.45, 7) is 1.87. The fourth-order valence-corrected chi connectivity index (χ4v) is 1.51. The van der Waals surface area contributed by atoms with Crippen molar-refractivity contribution in [2.24, 2.45) is 0 Å². The first-order valence-electron chi connectivity index (χ1n) is 4.97. The van der Waals surface area contributed by atoms with Crippen molar-refractivity contribution in [3.8, 4) is 0 Å². The Morgan fingerprint density at radius 2 is 1.62 bits per heavy atom. The molecule has 2 rings (SSSR count). The molecule has 0 N–H and O–H groups in total. The molecule has 0 saturated heterocycles. The van der Waals surface area contributed by atoms with Crippen LogP contribution in [-0.2, 0) is 9.59 Å². The van der Waals surface area contributed by atoms with Gasteiger partial charge in [-0.2, -0.15) is 0 Å². The van der Waals surface area contributed by atoms with Gasteiger partial charge in [-0.3, -0.25) is 9.59 Å². The Hall–Kier alpha value is -2.16. The maximum Gasteiger partial charge on any atom is 0.257 e. The Bertz CT molecular complexity index is 468. The second-order valence-electron chi connectivity index (χ2n) is 3.56. The summed E-state index contributed by atoms with van der Waals surface area (Å²) in [6, 6.07) is 9.62. The van der Waals surface area contributed by atoms with Gasteiger partial charge < -0.3 is 0 Å². The van der Waals surface area contributed by atoms with Crippen molar-refractivity contribution >= 4 is 17.4 Å². The Morgan fingerprint density at radius 3 is 2.19 bits per heavy atom. The van der Waals surface area contributed by atoms with E-state index in [9.17, 15) is 9.59 Å². The predicted molar refractivity (Wildman–Crippen MR) is 61.1 cm³/mol. The number of carbonyl (C=O) groups is 2. The minimum atomic E-state index is -0.291. The molecular formula is C13H11NO2. The third kappa shape index (κ3) is 1.93.